The highest BCUT2D eigenvalue weighted by molar-refractivity contribution is 6.21. The van der Waals surface area contributed by atoms with E-state index in [2.05, 4.69) is 0 Å². The molecule has 1 aliphatic heterocycles. The molecule has 17 heavy (non-hydrogen) atoms. The fraction of sp³-hybridized carbons (Fsp3) is 0.333. The van der Waals surface area contributed by atoms with E-state index in [4.69, 9.17) is 5.73 Å². The molecule has 0 spiro atoms. The van der Waals surface area contributed by atoms with Crippen LogP contribution in [0.2, 0.25) is 0 Å². The van der Waals surface area contributed by atoms with Crippen LogP contribution >= 0.6 is 0 Å². The maximum Gasteiger partial charge on any atom is 0.261 e. The number of imide groups is 1. The van der Waals surface area contributed by atoms with E-state index in [1.54, 1.807) is 24.3 Å². The quantitative estimate of drug-likeness (QED) is 0.718. The smallest absolute Gasteiger partial charge is 0.261 e. The molecule has 1 atom stereocenters. The number of aliphatic hydroxyl groups is 1. The third-order valence-electron chi connectivity index (χ3n) is 2.77. The van der Waals surface area contributed by atoms with Crippen molar-refractivity contribution < 1.29 is 14.7 Å². The number of benzene rings is 1. The molecule has 1 aromatic carbocycles. The first-order chi connectivity index (χ1) is 8.15. The summed E-state index contributed by atoms with van der Waals surface area (Å²) in [6.07, 6.45) is -0.393. The average molecular weight is 234 g/mol. The molecule has 0 radical (unpaired) electrons. The zero-order valence-electron chi connectivity index (χ0n) is 9.30. The number of nitrogens with two attached hydrogens (primary N) is 1. The lowest BCUT2D eigenvalue weighted by Gasteiger charge is -2.17. The van der Waals surface area contributed by atoms with Gasteiger partial charge in [-0.2, -0.15) is 0 Å². The monoisotopic (exact) mass is 234 g/mol. The Morgan fingerprint density at radius 3 is 2.18 bits per heavy atom. The molecule has 90 valence electrons. The minimum absolute atomic E-state index is 0.00352. The molecular weight excluding hydrogens is 220 g/mol. The molecule has 1 unspecified atom stereocenters. The van der Waals surface area contributed by atoms with Gasteiger partial charge in [-0.3, -0.25) is 14.5 Å². The second kappa shape index (κ2) is 4.65. The molecule has 0 saturated carbocycles. The third kappa shape index (κ3) is 2.07. The van der Waals surface area contributed by atoms with Crippen LogP contribution in [0.1, 0.15) is 27.1 Å². The zero-order chi connectivity index (χ0) is 12.4. The SMILES string of the molecule is NCCC(O)CN1C(=O)c2ccccc2C1=O. The van der Waals surface area contributed by atoms with Crippen molar-refractivity contribution in [3.63, 3.8) is 0 Å². The Balaban J connectivity index is 2.19. The summed E-state index contributed by atoms with van der Waals surface area (Å²) in [5, 5.41) is 9.60. The fourth-order valence-electron chi connectivity index (χ4n) is 1.90. The van der Waals surface area contributed by atoms with Gasteiger partial charge in [0.1, 0.15) is 0 Å². The van der Waals surface area contributed by atoms with Crippen LogP contribution in [-0.2, 0) is 0 Å². The molecule has 0 aliphatic carbocycles. The molecule has 1 aromatic rings. The number of hydrogen-bond acceptors (Lipinski definition) is 4. The van der Waals surface area contributed by atoms with E-state index in [1.165, 1.54) is 0 Å². The summed E-state index contributed by atoms with van der Waals surface area (Å²) in [6, 6.07) is 6.66. The van der Waals surface area contributed by atoms with Crippen molar-refractivity contribution in [1.82, 2.24) is 4.90 Å². The van der Waals surface area contributed by atoms with Gasteiger partial charge >= 0.3 is 0 Å². The maximum atomic E-state index is 11.9. The molecule has 2 amide bonds. The van der Waals surface area contributed by atoms with Crippen molar-refractivity contribution in [3.8, 4) is 0 Å². The van der Waals surface area contributed by atoms with Crippen LogP contribution in [0, 0.1) is 0 Å². The maximum absolute atomic E-state index is 11.9. The Labute approximate surface area is 98.8 Å². The van der Waals surface area contributed by atoms with Crippen LogP contribution in [0.5, 0.6) is 0 Å². The van der Waals surface area contributed by atoms with Gasteiger partial charge in [0.05, 0.1) is 23.8 Å². The van der Waals surface area contributed by atoms with Gasteiger partial charge in [0, 0.05) is 0 Å². The van der Waals surface area contributed by atoms with Crippen LogP contribution in [0.25, 0.3) is 0 Å². The van der Waals surface area contributed by atoms with Crippen molar-refractivity contribution in [1.29, 1.82) is 0 Å². The van der Waals surface area contributed by atoms with Crippen molar-refractivity contribution in [3.05, 3.63) is 35.4 Å². The number of amides is 2. The van der Waals surface area contributed by atoms with E-state index in [-0.39, 0.29) is 18.4 Å². The second-order valence-corrected chi connectivity index (χ2v) is 4.00. The van der Waals surface area contributed by atoms with Crippen molar-refractivity contribution in [2.45, 2.75) is 12.5 Å². The lowest BCUT2D eigenvalue weighted by molar-refractivity contribution is 0.0536. The minimum Gasteiger partial charge on any atom is -0.391 e. The van der Waals surface area contributed by atoms with E-state index in [1.807, 2.05) is 0 Å². The molecule has 0 fully saturated rings. The van der Waals surface area contributed by atoms with Crippen LogP contribution in [0.15, 0.2) is 24.3 Å². The van der Waals surface area contributed by atoms with E-state index < -0.39 is 6.10 Å². The fourth-order valence-corrected chi connectivity index (χ4v) is 1.90. The zero-order valence-corrected chi connectivity index (χ0v) is 9.30. The summed E-state index contributed by atoms with van der Waals surface area (Å²) >= 11 is 0. The van der Waals surface area contributed by atoms with E-state index >= 15 is 0 Å². The van der Waals surface area contributed by atoms with Gasteiger partial charge in [0.15, 0.2) is 0 Å². The van der Waals surface area contributed by atoms with Gasteiger partial charge in [-0.05, 0) is 25.1 Å². The van der Waals surface area contributed by atoms with Crippen LogP contribution < -0.4 is 5.73 Å². The molecule has 1 heterocycles. The summed E-state index contributed by atoms with van der Waals surface area (Å²) in [5.74, 6) is -0.691. The predicted molar refractivity (Wildman–Crippen MR) is 61.5 cm³/mol. The second-order valence-electron chi connectivity index (χ2n) is 4.00. The number of carbonyl (C=O) groups excluding carboxylic acids is 2. The van der Waals surface area contributed by atoms with Crippen LogP contribution in [0.4, 0.5) is 0 Å². The first kappa shape index (κ1) is 11.8. The molecule has 1 aliphatic rings. The summed E-state index contributed by atoms with van der Waals surface area (Å²) in [5.41, 5.74) is 6.11. The first-order valence-electron chi connectivity index (χ1n) is 5.48. The average Bonchev–Trinajstić information content (AvgIpc) is 2.56. The third-order valence-corrected chi connectivity index (χ3v) is 2.77. The Hall–Kier alpha value is -1.72. The van der Waals surface area contributed by atoms with Crippen LogP contribution in [-0.4, -0.2) is 41.0 Å². The largest absolute Gasteiger partial charge is 0.391 e. The topological polar surface area (TPSA) is 83.6 Å². The van der Waals surface area contributed by atoms with Gasteiger partial charge in [-0.15, -0.1) is 0 Å². The van der Waals surface area contributed by atoms with Crippen molar-refractivity contribution >= 4 is 11.8 Å². The highest BCUT2D eigenvalue weighted by atomic mass is 16.3. The Morgan fingerprint density at radius 1 is 1.18 bits per heavy atom. The van der Waals surface area contributed by atoms with Crippen molar-refractivity contribution in [2.24, 2.45) is 5.73 Å². The highest BCUT2D eigenvalue weighted by Gasteiger charge is 2.35. The van der Waals surface area contributed by atoms with E-state index in [0.29, 0.717) is 24.1 Å². The number of rotatable bonds is 4. The summed E-state index contributed by atoms with van der Waals surface area (Å²) in [7, 11) is 0. The molecule has 0 bridgehead atoms. The Kier molecular flexibility index (Phi) is 3.21. The highest BCUT2D eigenvalue weighted by Crippen LogP contribution is 2.22. The molecule has 2 rings (SSSR count). The Bertz CT molecular complexity index is 424. The molecule has 0 aromatic heterocycles. The Morgan fingerprint density at radius 2 is 1.71 bits per heavy atom. The minimum atomic E-state index is -0.762. The van der Waals surface area contributed by atoms with Gasteiger partial charge in [-0.25, -0.2) is 0 Å². The first-order valence-corrected chi connectivity index (χ1v) is 5.48. The molecule has 5 heteroatoms. The summed E-state index contributed by atoms with van der Waals surface area (Å²) in [6.45, 7) is 0.327. The van der Waals surface area contributed by atoms with Gasteiger partial charge in [-0.1, -0.05) is 12.1 Å². The number of carbonyl (C=O) groups is 2. The van der Waals surface area contributed by atoms with Gasteiger partial charge in [0.2, 0.25) is 0 Å². The number of aliphatic hydroxyl groups excluding tert-OH is 1. The normalized spacial score (nSPS) is 16.2. The van der Waals surface area contributed by atoms with Gasteiger partial charge < -0.3 is 10.8 Å². The number of fused-ring (bicyclic) bond motifs is 1. The number of hydrogen-bond donors (Lipinski definition) is 2. The number of β-amino-alcohol motifs (C(OH)–C–C–N with tert-alkyl or cyclic N) is 1. The lowest BCUT2D eigenvalue weighted by atomic mass is 10.1. The van der Waals surface area contributed by atoms with E-state index in [9.17, 15) is 14.7 Å². The van der Waals surface area contributed by atoms with Gasteiger partial charge in [0.25, 0.3) is 11.8 Å². The standard InChI is InChI=1S/C12H14N2O3/c13-6-5-8(15)7-14-11(16)9-3-1-2-4-10(9)12(14)17/h1-4,8,15H,5-7,13H2. The summed E-state index contributed by atoms with van der Waals surface area (Å²) in [4.78, 5) is 24.9. The van der Waals surface area contributed by atoms with Crippen molar-refractivity contribution in [2.75, 3.05) is 13.1 Å². The molecule has 0 saturated heterocycles. The van der Waals surface area contributed by atoms with Crippen LogP contribution in [0.3, 0.4) is 0 Å². The number of nitrogens with zero attached hydrogens (tertiary/aromatic N) is 1. The summed E-state index contributed by atoms with van der Waals surface area (Å²) < 4.78 is 0. The molecular formula is C12H14N2O3. The lowest BCUT2D eigenvalue weighted by Crippen LogP contribution is -2.37. The molecule has 3 N–H and O–H groups in total. The van der Waals surface area contributed by atoms with E-state index in [0.717, 1.165) is 4.90 Å². The molecule has 5 nitrogen and oxygen atoms in total. The predicted octanol–water partition coefficient (Wildman–Crippen LogP) is -0.00770.